The lowest BCUT2D eigenvalue weighted by Crippen LogP contribution is -2.17. The first-order valence-corrected chi connectivity index (χ1v) is 7.60. The van der Waals surface area contributed by atoms with E-state index in [4.69, 9.17) is 5.11 Å². The number of carboxylic acids is 1. The molecule has 6 heteroatoms. The zero-order valence-electron chi connectivity index (χ0n) is 10.5. The highest BCUT2D eigenvalue weighted by atomic mass is 32.2. The Hall–Kier alpha value is -1.17. The van der Waals surface area contributed by atoms with Crippen LogP contribution in [0.2, 0.25) is 0 Å². The van der Waals surface area contributed by atoms with Crippen LogP contribution in [0.25, 0.3) is 0 Å². The molecule has 0 spiro atoms. The van der Waals surface area contributed by atoms with Gasteiger partial charge in [0, 0.05) is 34.9 Å². The van der Waals surface area contributed by atoms with Crippen LogP contribution in [-0.4, -0.2) is 30.8 Å². The number of carbonyl (C=O) groups is 1. The van der Waals surface area contributed by atoms with Gasteiger partial charge >= 0.3 is 5.97 Å². The van der Waals surface area contributed by atoms with Crippen molar-refractivity contribution in [2.75, 3.05) is 5.75 Å². The number of aryl methyl sites for hydroxylation is 1. The summed E-state index contributed by atoms with van der Waals surface area (Å²) in [6.45, 7) is 2.80. The molecule has 1 aliphatic rings. The topological polar surface area (TPSA) is 72.2 Å². The molecule has 0 aliphatic heterocycles. The quantitative estimate of drug-likeness (QED) is 0.813. The Kier molecular flexibility index (Phi) is 3.85. The van der Waals surface area contributed by atoms with Crippen LogP contribution in [-0.2, 0) is 27.9 Å². The highest BCUT2D eigenvalue weighted by Crippen LogP contribution is 2.49. The van der Waals surface area contributed by atoms with E-state index in [0.29, 0.717) is 11.5 Å². The first kappa shape index (κ1) is 13.3. The Balaban J connectivity index is 1.87. The number of hydrogen-bond acceptors (Lipinski definition) is 3. The molecule has 100 valence electrons. The van der Waals surface area contributed by atoms with Crippen LogP contribution in [0.15, 0.2) is 12.4 Å². The number of hydrogen-bond donors (Lipinski definition) is 1. The molecule has 1 fully saturated rings. The monoisotopic (exact) mass is 270 g/mol. The second-order valence-corrected chi connectivity index (χ2v) is 6.46. The van der Waals surface area contributed by atoms with Crippen LogP contribution < -0.4 is 0 Å². The summed E-state index contributed by atoms with van der Waals surface area (Å²) in [5.41, 5.74) is 0.763. The zero-order chi connectivity index (χ0) is 13.2. The smallest absolute Gasteiger partial charge is 0.303 e. The number of carboxylic acid groups (broad SMARTS) is 1. The molecule has 0 saturated heterocycles. The van der Waals surface area contributed by atoms with Gasteiger partial charge in [-0.15, -0.1) is 0 Å². The molecule has 18 heavy (non-hydrogen) atoms. The third kappa shape index (κ3) is 3.41. The lowest BCUT2D eigenvalue weighted by atomic mass is 10.1. The minimum Gasteiger partial charge on any atom is -0.481 e. The van der Waals surface area contributed by atoms with Gasteiger partial charge < -0.3 is 5.11 Å². The third-order valence-electron chi connectivity index (χ3n) is 3.29. The molecule has 0 bridgehead atoms. The fraction of sp³-hybridized carbons (Fsp3) is 0.667. The maximum Gasteiger partial charge on any atom is 0.303 e. The van der Waals surface area contributed by atoms with Crippen molar-refractivity contribution in [2.45, 2.75) is 38.5 Å². The van der Waals surface area contributed by atoms with Gasteiger partial charge in [0.25, 0.3) is 0 Å². The van der Waals surface area contributed by atoms with E-state index in [9.17, 15) is 9.00 Å². The summed E-state index contributed by atoms with van der Waals surface area (Å²) < 4.78 is 13.8. The summed E-state index contributed by atoms with van der Waals surface area (Å²) in [7, 11) is -1.000. The van der Waals surface area contributed by atoms with E-state index < -0.39 is 16.8 Å². The molecule has 1 aliphatic carbocycles. The van der Waals surface area contributed by atoms with Gasteiger partial charge in [0.1, 0.15) is 0 Å². The Labute approximate surface area is 109 Å². The Morgan fingerprint density at radius 2 is 2.33 bits per heavy atom. The molecule has 2 rings (SSSR count). The Morgan fingerprint density at radius 1 is 1.61 bits per heavy atom. The SMILES string of the molecule is CCn1cc(CS(=O)CC2(CC(=O)O)CC2)cn1. The van der Waals surface area contributed by atoms with E-state index in [1.54, 1.807) is 10.9 Å². The van der Waals surface area contributed by atoms with Crippen LogP contribution in [0.1, 0.15) is 31.7 Å². The fourth-order valence-corrected chi connectivity index (χ4v) is 3.80. The minimum absolute atomic E-state index is 0.146. The maximum atomic E-state index is 12.0. The molecule has 1 N–H and O–H groups in total. The van der Waals surface area contributed by atoms with Gasteiger partial charge in [0.15, 0.2) is 0 Å². The van der Waals surface area contributed by atoms with Gasteiger partial charge in [-0.25, -0.2) is 0 Å². The molecule has 1 atom stereocenters. The predicted molar refractivity (Wildman–Crippen MR) is 68.5 cm³/mol. The van der Waals surface area contributed by atoms with Crippen molar-refractivity contribution in [1.82, 2.24) is 9.78 Å². The number of aliphatic carboxylic acids is 1. The lowest BCUT2D eigenvalue weighted by Gasteiger charge is -2.11. The summed E-state index contributed by atoms with van der Waals surface area (Å²) in [6.07, 6.45) is 5.55. The number of nitrogens with zero attached hydrogens (tertiary/aromatic N) is 2. The first-order chi connectivity index (χ1) is 8.53. The van der Waals surface area contributed by atoms with Gasteiger partial charge in [-0.1, -0.05) is 0 Å². The predicted octanol–water partition coefficient (Wildman–Crippen LogP) is 1.41. The highest BCUT2D eigenvalue weighted by molar-refractivity contribution is 7.84. The molecule has 1 aromatic heterocycles. The molecule has 1 aromatic rings. The molecule has 0 aromatic carbocycles. The number of aromatic nitrogens is 2. The summed E-state index contributed by atoms with van der Waals surface area (Å²) in [5, 5.41) is 13.0. The van der Waals surface area contributed by atoms with Crippen molar-refractivity contribution < 1.29 is 14.1 Å². The summed E-state index contributed by atoms with van der Waals surface area (Å²) in [5.74, 6) is 0.182. The van der Waals surface area contributed by atoms with Crippen molar-refractivity contribution in [3.05, 3.63) is 18.0 Å². The zero-order valence-corrected chi connectivity index (χ0v) is 11.3. The van der Waals surface area contributed by atoms with Gasteiger partial charge in [-0.3, -0.25) is 13.7 Å². The first-order valence-electron chi connectivity index (χ1n) is 6.11. The van der Waals surface area contributed by atoms with E-state index in [1.165, 1.54) is 0 Å². The standard InChI is InChI=1S/C12H18N2O3S/c1-2-14-7-10(6-13-14)8-18(17)9-12(3-4-12)5-11(15)16/h6-7H,2-5,8-9H2,1H3,(H,15,16). The second-order valence-electron chi connectivity index (χ2n) is 5.00. The highest BCUT2D eigenvalue weighted by Gasteiger charge is 2.45. The van der Waals surface area contributed by atoms with Crippen LogP contribution in [0.5, 0.6) is 0 Å². The summed E-state index contributed by atoms with van der Waals surface area (Å²) >= 11 is 0. The van der Waals surface area contributed by atoms with Crippen LogP contribution in [0, 0.1) is 5.41 Å². The number of rotatable bonds is 7. The van der Waals surface area contributed by atoms with Crippen molar-refractivity contribution in [3.8, 4) is 0 Å². The van der Waals surface area contributed by atoms with Gasteiger partial charge in [0.05, 0.1) is 18.4 Å². The van der Waals surface area contributed by atoms with E-state index in [1.807, 2.05) is 13.1 Å². The van der Waals surface area contributed by atoms with Crippen molar-refractivity contribution in [2.24, 2.45) is 5.41 Å². The van der Waals surface area contributed by atoms with Crippen LogP contribution >= 0.6 is 0 Å². The minimum atomic E-state index is -1.000. The van der Waals surface area contributed by atoms with Gasteiger partial charge in [0.2, 0.25) is 0 Å². The summed E-state index contributed by atoms with van der Waals surface area (Å²) in [6, 6.07) is 0. The molecule has 0 radical (unpaired) electrons. The molecular formula is C12H18N2O3S. The van der Waals surface area contributed by atoms with Crippen LogP contribution in [0.4, 0.5) is 0 Å². The fourth-order valence-electron chi connectivity index (χ4n) is 2.10. The average molecular weight is 270 g/mol. The molecule has 1 heterocycles. The van der Waals surface area contributed by atoms with E-state index >= 15 is 0 Å². The summed E-state index contributed by atoms with van der Waals surface area (Å²) in [4.78, 5) is 10.7. The molecule has 5 nitrogen and oxygen atoms in total. The van der Waals surface area contributed by atoms with E-state index in [-0.39, 0.29) is 11.8 Å². The van der Waals surface area contributed by atoms with Gasteiger partial charge in [-0.2, -0.15) is 5.10 Å². The van der Waals surface area contributed by atoms with Crippen molar-refractivity contribution in [1.29, 1.82) is 0 Å². The van der Waals surface area contributed by atoms with Crippen LogP contribution in [0.3, 0.4) is 0 Å². The van der Waals surface area contributed by atoms with Gasteiger partial charge in [-0.05, 0) is 25.2 Å². The van der Waals surface area contributed by atoms with Crippen molar-refractivity contribution in [3.63, 3.8) is 0 Å². The average Bonchev–Trinajstić information content (AvgIpc) is 2.87. The Morgan fingerprint density at radius 3 is 2.83 bits per heavy atom. The molecular weight excluding hydrogens is 252 g/mol. The molecule has 1 saturated carbocycles. The van der Waals surface area contributed by atoms with E-state index in [0.717, 1.165) is 24.9 Å². The van der Waals surface area contributed by atoms with E-state index in [2.05, 4.69) is 5.10 Å². The van der Waals surface area contributed by atoms with Crippen molar-refractivity contribution >= 4 is 16.8 Å². The largest absolute Gasteiger partial charge is 0.481 e. The normalized spacial score (nSPS) is 18.5. The second kappa shape index (κ2) is 5.22. The molecule has 1 unspecified atom stereocenters. The maximum absolute atomic E-state index is 12.0. The third-order valence-corrected chi connectivity index (χ3v) is 4.88. The lowest BCUT2D eigenvalue weighted by molar-refractivity contribution is -0.138. The Bertz CT molecular complexity index is 466. The molecule has 0 amide bonds.